The standard InChI is InChI=1S/C29H28N6O3/c1-5-23(36)34-20-12-9-18(10-13-20)27-25(26-28(30)31-16-32-29(26)35(27)3)19-11-14-21(22(15-19)37-4)38-24-8-6-7-17(2)33-24/h6-16H,5H2,1-4H3,(H,34,36)(H2,30,31,32). The van der Waals surface area contributed by atoms with E-state index < -0.39 is 0 Å². The predicted octanol–water partition coefficient (Wildman–Crippen LogP) is 5.74. The molecule has 38 heavy (non-hydrogen) atoms. The highest BCUT2D eigenvalue weighted by atomic mass is 16.5. The maximum atomic E-state index is 11.8. The number of hydrogen-bond donors (Lipinski definition) is 2. The lowest BCUT2D eigenvalue weighted by atomic mass is 9.98. The van der Waals surface area contributed by atoms with Gasteiger partial charge >= 0.3 is 0 Å². The van der Waals surface area contributed by atoms with Gasteiger partial charge in [0.05, 0.1) is 18.2 Å². The van der Waals surface area contributed by atoms with Crippen LogP contribution in [0.2, 0.25) is 0 Å². The van der Waals surface area contributed by atoms with Crippen LogP contribution in [0.4, 0.5) is 11.5 Å². The normalized spacial score (nSPS) is 10.9. The Hall–Kier alpha value is -4.92. The van der Waals surface area contributed by atoms with Crippen molar-refractivity contribution >= 4 is 28.4 Å². The number of pyridine rings is 1. The number of hydrogen-bond acceptors (Lipinski definition) is 7. The van der Waals surface area contributed by atoms with Crippen molar-refractivity contribution in [2.75, 3.05) is 18.2 Å². The van der Waals surface area contributed by atoms with Crippen molar-refractivity contribution in [3.63, 3.8) is 0 Å². The zero-order valence-electron chi connectivity index (χ0n) is 21.6. The topological polar surface area (TPSA) is 117 Å². The van der Waals surface area contributed by atoms with Crippen LogP contribution in [0.1, 0.15) is 19.0 Å². The van der Waals surface area contributed by atoms with Crippen LogP contribution in [-0.4, -0.2) is 32.5 Å². The molecule has 0 fully saturated rings. The molecule has 0 aliphatic rings. The summed E-state index contributed by atoms with van der Waals surface area (Å²) < 4.78 is 13.7. The molecule has 0 saturated heterocycles. The maximum Gasteiger partial charge on any atom is 0.224 e. The highest BCUT2D eigenvalue weighted by molar-refractivity contribution is 6.08. The molecule has 1 amide bonds. The summed E-state index contributed by atoms with van der Waals surface area (Å²) in [6.45, 7) is 3.73. The van der Waals surface area contributed by atoms with Crippen LogP contribution in [0.5, 0.6) is 17.4 Å². The van der Waals surface area contributed by atoms with Gasteiger partial charge in [-0.3, -0.25) is 4.79 Å². The lowest BCUT2D eigenvalue weighted by Crippen LogP contribution is -2.09. The molecule has 0 unspecified atom stereocenters. The Bertz CT molecular complexity index is 1640. The summed E-state index contributed by atoms with van der Waals surface area (Å²) in [6.07, 6.45) is 1.87. The van der Waals surface area contributed by atoms with Gasteiger partial charge in [0.15, 0.2) is 11.5 Å². The van der Waals surface area contributed by atoms with Crippen LogP contribution in [0.3, 0.4) is 0 Å². The number of rotatable bonds is 7. The lowest BCUT2D eigenvalue weighted by Gasteiger charge is -2.14. The molecule has 0 radical (unpaired) electrons. The molecule has 5 rings (SSSR count). The fourth-order valence-corrected chi connectivity index (χ4v) is 4.45. The molecule has 0 saturated carbocycles. The number of ether oxygens (including phenoxy) is 2. The van der Waals surface area contributed by atoms with E-state index in [9.17, 15) is 4.79 Å². The van der Waals surface area contributed by atoms with Crippen LogP contribution >= 0.6 is 0 Å². The molecule has 2 aromatic carbocycles. The average molecular weight is 509 g/mol. The Kier molecular flexibility index (Phi) is 6.66. The number of amides is 1. The average Bonchev–Trinajstić information content (AvgIpc) is 3.22. The highest BCUT2D eigenvalue weighted by Crippen LogP contribution is 2.44. The van der Waals surface area contributed by atoms with E-state index in [4.69, 9.17) is 15.2 Å². The molecular weight excluding hydrogens is 480 g/mol. The van der Waals surface area contributed by atoms with Crippen LogP contribution in [0.15, 0.2) is 67.0 Å². The number of benzene rings is 2. The van der Waals surface area contributed by atoms with Crippen molar-refractivity contribution < 1.29 is 14.3 Å². The van der Waals surface area contributed by atoms with Crippen LogP contribution < -0.4 is 20.5 Å². The predicted molar refractivity (Wildman–Crippen MR) is 148 cm³/mol. The molecule has 0 aliphatic heterocycles. The van der Waals surface area contributed by atoms with Crippen molar-refractivity contribution in [2.24, 2.45) is 7.05 Å². The second kappa shape index (κ2) is 10.2. The minimum absolute atomic E-state index is 0.0404. The zero-order valence-corrected chi connectivity index (χ0v) is 21.6. The van der Waals surface area contributed by atoms with Gasteiger partial charge in [-0.25, -0.2) is 15.0 Å². The van der Waals surface area contributed by atoms with Gasteiger partial charge in [-0.2, -0.15) is 0 Å². The molecule has 3 aromatic heterocycles. The Morgan fingerprint density at radius 3 is 2.50 bits per heavy atom. The second-order valence-corrected chi connectivity index (χ2v) is 8.80. The molecule has 0 bridgehead atoms. The number of anilines is 2. The number of fused-ring (bicyclic) bond motifs is 1. The SMILES string of the molecule is CCC(=O)Nc1ccc(-c2c(-c3ccc(Oc4cccc(C)n4)c(OC)c3)c3c(N)ncnc3n2C)cc1. The lowest BCUT2D eigenvalue weighted by molar-refractivity contribution is -0.115. The summed E-state index contributed by atoms with van der Waals surface area (Å²) in [5.74, 6) is 1.90. The molecule has 0 aliphatic carbocycles. The van der Waals surface area contributed by atoms with E-state index in [0.29, 0.717) is 35.3 Å². The summed E-state index contributed by atoms with van der Waals surface area (Å²) in [5, 5.41) is 3.63. The van der Waals surface area contributed by atoms with Gasteiger partial charge in [0.1, 0.15) is 17.8 Å². The first-order valence-corrected chi connectivity index (χ1v) is 12.2. The second-order valence-electron chi connectivity index (χ2n) is 8.80. The number of aromatic nitrogens is 4. The number of aryl methyl sites for hydroxylation is 2. The van der Waals surface area contributed by atoms with E-state index in [1.54, 1.807) is 13.2 Å². The fraction of sp³-hybridized carbons (Fsp3) is 0.172. The van der Waals surface area contributed by atoms with Gasteiger partial charge in [-0.1, -0.05) is 31.2 Å². The monoisotopic (exact) mass is 508 g/mol. The third-order valence-electron chi connectivity index (χ3n) is 6.29. The van der Waals surface area contributed by atoms with Crippen LogP contribution in [0, 0.1) is 6.92 Å². The fourth-order valence-electron chi connectivity index (χ4n) is 4.45. The maximum absolute atomic E-state index is 11.8. The van der Waals surface area contributed by atoms with Gasteiger partial charge in [0.25, 0.3) is 0 Å². The molecule has 3 heterocycles. The molecule has 0 atom stereocenters. The van der Waals surface area contributed by atoms with Gasteiger partial charge in [-0.15, -0.1) is 0 Å². The Balaban J connectivity index is 1.65. The van der Waals surface area contributed by atoms with E-state index in [-0.39, 0.29) is 5.91 Å². The molecule has 3 N–H and O–H groups in total. The van der Waals surface area contributed by atoms with E-state index in [1.165, 1.54) is 6.33 Å². The van der Waals surface area contributed by atoms with Crippen molar-refractivity contribution in [1.82, 2.24) is 19.5 Å². The van der Waals surface area contributed by atoms with Gasteiger partial charge in [-0.05, 0) is 48.4 Å². The van der Waals surface area contributed by atoms with E-state index in [2.05, 4.69) is 20.3 Å². The minimum Gasteiger partial charge on any atom is -0.493 e. The number of carbonyl (C=O) groups is 1. The van der Waals surface area contributed by atoms with Crippen molar-refractivity contribution in [2.45, 2.75) is 20.3 Å². The summed E-state index contributed by atoms with van der Waals surface area (Å²) in [7, 11) is 3.54. The van der Waals surface area contributed by atoms with Crippen LogP contribution in [0.25, 0.3) is 33.4 Å². The number of methoxy groups -OCH3 is 1. The zero-order chi connectivity index (χ0) is 26.8. The van der Waals surface area contributed by atoms with Gasteiger partial charge in [0, 0.05) is 36.5 Å². The quantitative estimate of drug-likeness (QED) is 0.288. The number of nitrogen functional groups attached to an aromatic ring is 1. The number of carbonyl (C=O) groups excluding carboxylic acids is 1. The van der Waals surface area contributed by atoms with Gasteiger partial charge in [0.2, 0.25) is 11.8 Å². The molecular formula is C29H28N6O3. The Morgan fingerprint density at radius 2 is 1.79 bits per heavy atom. The molecule has 0 spiro atoms. The van der Waals surface area contributed by atoms with Crippen molar-refractivity contribution in [1.29, 1.82) is 0 Å². The number of nitrogens with one attached hydrogen (secondary N) is 1. The Labute approximate surface area is 220 Å². The van der Waals surface area contributed by atoms with Gasteiger partial charge < -0.3 is 25.1 Å². The summed E-state index contributed by atoms with van der Waals surface area (Å²) in [5.41, 5.74) is 12.2. The van der Waals surface area contributed by atoms with E-state index in [0.717, 1.165) is 39.2 Å². The first kappa shape index (κ1) is 24.8. The Morgan fingerprint density at radius 1 is 1.03 bits per heavy atom. The first-order valence-electron chi connectivity index (χ1n) is 12.2. The summed E-state index contributed by atoms with van der Waals surface area (Å²) >= 11 is 0. The van der Waals surface area contributed by atoms with Crippen molar-refractivity contribution in [3.05, 3.63) is 72.7 Å². The molecule has 9 nitrogen and oxygen atoms in total. The number of nitrogens with zero attached hydrogens (tertiary/aromatic N) is 4. The first-order chi connectivity index (χ1) is 18.4. The summed E-state index contributed by atoms with van der Waals surface area (Å²) in [4.78, 5) is 25.0. The third-order valence-corrected chi connectivity index (χ3v) is 6.29. The minimum atomic E-state index is -0.0404. The van der Waals surface area contributed by atoms with Crippen molar-refractivity contribution in [3.8, 4) is 39.8 Å². The highest BCUT2D eigenvalue weighted by Gasteiger charge is 2.23. The van der Waals surface area contributed by atoms with E-state index in [1.807, 2.05) is 80.1 Å². The molecule has 9 heteroatoms. The van der Waals surface area contributed by atoms with Crippen LogP contribution in [-0.2, 0) is 11.8 Å². The van der Waals surface area contributed by atoms with E-state index >= 15 is 0 Å². The largest absolute Gasteiger partial charge is 0.493 e. The molecule has 5 aromatic rings. The molecule has 192 valence electrons. The summed E-state index contributed by atoms with van der Waals surface area (Å²) in [6, 6.07) is 19.0. The smallest absolute Gasteiger partial charge is 0.224 e. The number of nitrogens with two attached hydrogens (primary N) is 1. The third kappa shape index (κ3) is 4.61.